The number of benzene rings is 1. The van der Waals surface area contributed by atoms with Crippen molar-refractivity contribution in [3.63, 3.8) is 0 Å². The lowest BCUT2D eigenvalue weighted by Gasteiger charge is -2.38. The average Bonchev–Trinajstić information content (AvgIpc) is 3.27. The molecule has 2 N–H and O–H groups in total. The minimum atomic E-state index is -0.154. The van der Waals surface area contributed by atoms with Crippen LogP contribution in [0.5, 0.6) is 0 Å². The molecule has 0 bridgehead atoms. The van der Waals surface area contributed by atoms with E-state index in [1.165, 1.54) is 25.3 Å². The predicted octanol–water partition coefficient (Wildman–Crippen LogP) is 3.64. The molecule has 1 unspecified atom stereocenters. The van der Waals surface area contributed by atoms with Gasteiger partial charge in [-0.25, -0.2) is 4.39 Å². The van der Waals surface area contributed by atoms with Gasteiger partial charge in [-0.15, -0.1) is 0 Å². The number of nitrogens with zero attached hydrogens (tertiary/aromatic N) is 1. The standard InChI is InChI=1S/C23H36FN3O2/c1-25-22(26-12-6-13-28-16-19-9-14-29-17-19)27-18-23(10-3-2-4-11-23)20-7-5-8-21(24)15-20/h5,7-8,15,19H,2-4,6,9-14,16-18H2,1H3,(H2,25,26,27). The van der Waals surface area contributed by atoms with Crippen LogP contribution in [-0.2, 0) is 14.9 Å². The lowest BCUT2D eigenvalue weighted by atomic mass is 9.69. The molecule has 1 aromatic carbocycles. The molecule has 1 aliphatic heterocycles. The second kappa shape index (κ2) is 11.5. The molecule has 5 nitrogen and oxygen atoms in total. The SMILES string of the molecule is CN=C(NCCCOCC1CCOC1)NCC1(c2cccc(F)c2)CCCCC1. The predicted molar refractivity (Wildman–Crippen MR) is 115 cm³/mol. The van der Waals surface area contributed by atoms with Gasteiger partial charge in [0, 0.05) is 44.7 Å². The van der Waals surface area contributed by atoms with Crippen LogP contribution in [-0.4, -0.2) is 52.5 Å². The lowest BCUT2D eigenvalue weighted by molar-refractivity contribution is 0.0888. The summed E-state index contributed by atoms with van der Waals surface area (Å²) in [5, 5.41) is 6.87. The van der Waals surface area contributed by atoms with Crippen molar-refractivity contribution in [2.24, 2.45) is 10.9 Å². The van der Waals surface area contributed by atoms with Gasteiger partial charge in [0.05, 0.1) is 13.2 Å². The van der Waals surface area contributed by atoms with E-state index in [9.17, 15) is 4.39 Å². The summed E-state index contributed by atoms with van der Waals surface area (Å²) in [6.07, 6.45) is 7.85. The highest BCUT2D eigenvalue weighted by Crippen LogP contribution is 2.39. The number of rotatable bonds is 9. The van der Waals surface area contributed by atoms with Gasteiger partial charge in [-0.05, 0) is 43.4 Å². The molecule has 162 valence electrons. The van der Waals surface area contributed by atoms with Crippen LogP contribution in [0.15, 0.2) is 29.3 Å². The van der Waals surface area contributed by atoms with Crippen LogP contribution in [0.3, 0.4) is 0 Å². The van der Waals surface area contributed by atoms with Crippen LogP contribution < -0.4 is 10.6 Å². The summed E-state index contributed by atoms with van der Waals surface area (Å²) in [4.78, 5) is 4.36. The fraction of sp³-hybridized carbons (Fsp3) is 0.696. The second-order valence-electron chi connectivity index (χ2n) is 8.36. The minimum Gasteiger partial charge on any atom is -0.381 e. The van der Waals surface area contributed by atoms with Crippen molar-refractivity contribution in [1.29, 1.82) is 0 Å². The van der Waals surface area contributed by atoms with E-state index in [1.807, 2.05) is 6.07 Å². The van der Waals surface area contributed by atoms with Crippen molar-refractivity contribution < 1.29 is 13.9 Å². The molecule has 1 heterocycles. The third-order valence-corrected chi connectivity index (χ3v) is 6.20. The molecule has 0 spiro atoms. The van der Waals surface area contributed by atoms with Crippen LogP contribution in [0.2, 0.25) is 0 Å². The van der Waals surface area contributed by atoms with Crippen molar-refractivity contribution in [1.82, 2.24) is 10.6 Å². The Morgan fingerprint density at radius 1 is 1.28 bits per heavy atom. The van der Waals surface area contributed by atoms with Gasteiger partial charge in [0.25, 0.3) is 0 Å². The zero-order valence-corrected chi connectivity index (χ0v) is 17.7. The fourth-order valence-electron chi connectivity index (χ4n) is 4.43. The molecule has 2 fully saturated rings. The molecule has 2 aliphatic rings. The van der Waals surface area contributed by atoms with E-state index in [0.717, 1.165) is 76.7 Å². The van der Waals surface area contributed by atoms with E-state index >= 15 is 0 Å². The first kappa shape index (κ1) is 22.0. The maximum absolute atomic E-state index is 13.8. The summed E-state index contributed by atoms with van der Waals surface area (Å²) in [6.45, 7) is 4.83. The summed E-state index contributed by atoms with van der Waals surface area (Å²) in [6, 6.07) is 7.12. The maximum Gasteiger partial charge on any atom is 0.191 e. The van der Waals surface area contributed by atoms with Crippen molar-refractivity contribution in [2.45, 2.75) is 50.4 Å². The molecule has 0 aromatic heterocycles. The van der Waals surface area contributed by atoms with Crippen molar-refractivity contribution in [3.05, 3.63) is 35.6 Å². The van der Waals surface area contributed by atoms with E-state index in [0.29, 0.717) is 5.92 Å². The number of halogens is 1. The average molecular weight is 406 g/mol. The molecular weight excluding hydrogens is 369 g/mol. The van der Waals surface area contributed by atoms with Crippen LogP contribution in [0.1, 0.15) is 50.5 Å². The lowest BCUT2D eigenvalue weighted by Crippen LogP contribution is -2.46. The molecule has 0 amide bonds. The second-order valence-corrected chi connectivity index (χ2v) is 8.36. The quantitative estimate of drug-likeness (QED) is 0.374. The number of guanidine groups is 1. The Labute approximate surface area is 174 Å². The highest BCUT2D eigenvalue weighted by atomic mass is 19.1. The number of hydrogen-bond acceptors (Lipinski definition) is 3. The molecule has 1 saturated carbocycles. The Morgan fingerprint density at radius 2 is 2.14 bits per heavy atom. The normalized spacial score (nSPS) is 21.9. The van der Waals surface area contributed by atoms with Gasteiger partial charge in [-0.2, -0.15) is 0 Å². The summed E-state index contributed by atoms with van der Waals surface area (Å²) in [7, 11) is 1.79. The third-order valence-electron chi connectivity index (χ3n) is 6.20. The Hall–Kier alpha value is -1.66. The van der Waals surface area contributed by atoms with Gasteiger partial charge in [0.2, 0.25) is 0 Å². The van der Waals surface area contributed by atoms with E-state index < -0.39 is 0 Å². The number of ether oxygens (including phenoxy) is 2. The van der Waals surface area contributed by atoms with Gasteiger partial charge >= 0.3 is 0 Å². The van der Waals surface area contributed by atoms with E-state index in [2.05, 4.69) is 21.7 Å². The topological polar surface area (TPSA) is 54.9 Å². The first-order valence-electron chi connectivity index (χ1n) is 11.1. The molecule has 3 rings (SSSR count). The Kier molecular flexibility index (Phi) is 8.74. The van der Waals surface area contributed by atoms with E-state index in [1.54, 1.807) is 13.1 Å². The van der Waals surface area contributed by atoms with Gasteiger partial charge in [-0.1, -0.05) is 31.4 Å². The zero-order valence-electron chi connectivity index (χ0n) is 17.7. The molecule has 0 radical (unpaired) electrons. The smallest absolute Gasteiger partial charge is 0.191 e. The van der Waals surface area contributed by atoms with Crippen LogP contribution >= 0.6 is 0 Å². The van der Waals surface area contributed by atoms with E-state index in [-0.39, 0.29) is 11.2 Å². The highest BCUT2D eigenvalue weighted by molar-refractivity contribution is 5.79. The van der Waals surface area contributed by atoms with Crippen molar-refractivity contribution in [2.75, 3.05) is 46.6 Å². The Balaban J connectivity index is 1.42. The first-order valence-corrected chi connectivity index (χ1v) is 11.1. The van der Waals surface area contributed by atoms with Crippen LogP contribution in [0.25, 0.3) is 0 Å². The summed E-state index contributed by atoms with van der Waals surface area (Å²) in [5.74, 6) is 1.21. The van der Waals surface area contributed by atoms with Crippen molar-refractivity contribution >= 4 is 5.96 Å². The summed E-state index contributed by atoms with van der Waals surface area (Å²) < 4.78 is 25.0. The van der Waals surface area contributed by atoms with Gasteiger partial charge in [0.1, 0.15) is 5.82 Å². The first-order chi connectivity index (χ1) is 14.2. The maximum atomic E-state index is 13.8. The summed E-state index contributed by atoms with van der Waals surface area (Å²) in [5.41, 5.74) is 1.08. The Morgan fingerprint density at radius 3 is 2.86 bits per heavy atom. The molecule has 6 heteroatoms. The van der Waals surface area contributed by atoms with Gasteiger partial charge in [0.15, 0.2) is 5.96 Å². The van der Waals surface area contributed by atoms with Crippen LogP contribution in [0, 0.1) is 11.7 Å². The highest BCUT2D eigenvalue weighted by Gasteiger charge is 2.34. The minimum absolute atomic E-state index is 0.0234. The van der Waals surface area contributed by atoms with Crippen LogP contribution in [0.4, 0.5) is 4.39 Å². The van der Waals surface area contributed by atoms with Gasteiger partial charge < -0.3 is 20.1 Å². The number of aliphatic imine (C=N–C) groups is 1. The fourth-order valence-corrected chi connectivity index (χ4v) is 4.43. The molecular formula is C23H36FN3O2. The van der Waals surface area contributed by atoms with Crippen molar-refractivity contribution in [3.8, 4) is 0 Å². The number of hydrogen-bond donors (Lipinski definition) is 2. The number of nitrogens with one attached hydrogen (secondary N) is 2. The molecule has 1 aliphatic carbocycles. The van der Waals surface area contributed by atoms with Gasteiger partial charge in [-0.3, -0.25) is 4.99 Å². The molecule has 1 aromatic rings. The largest absolute Gasteiger partial charge is 0.381 e. The molecule has 29 heavy (non-hydrogen) atoms. The monoisotopic (exact) mass is 405 g/mol. The Bertz CT molecular complexity index is 641. The van der Waals surface area contributed by atoms with E-state index in [4.69, 9.17) is 9.47 Å². The third kappa shape index (κ3) is 6.68. The molecule has 1 saturated heterocycles. The zero-order chi connectivity index (χ0) is 20.4. The molecule has 1 atom stereocenters. The summed E-state index contributed by atoms with van der Waals surface area (Å²) >= 11 is 0.